The quantitative estimate of drug-likeness (QED) is 0.212. The van der Waals surface area contributed by atoms with Crippen LogP contribution in [0.25, 0.3) is 0 Å². The molecule has 0 aliphatic rings. The van der Waals surface area contributed by atoms with Gasteiger partial charge >= 0.3 is 0 Å². The van der Waals surface area contributed by atoms with Crippen molar-refractivity contribution in [3.63, 3.8) is 0 Å². The second-order valence-corrected chi connectivity index (χ2v) is 10.1. The average Bonchev–Trinajstić information content (AvgIpc) is 2.46. The van der Waals surface area contributed by atoms with Crippen LogP contribution in [0.5, 0.6) is 0 Å². The predicted octanol–water partition coefficient (Wildman–Crippen LogP) is 3.04. The topological polar surface area (TPSA) is 55.8 Å². The molecule has 0 unspecified atom stereocenters. The van der Waals surface area contributed by atoms with Crippen molar-refractivity contribution >= 4 is 22.5 Å². The summed E-state index contributed by atoms with van der Waals surface area (Å²) in [6.45, 7) is 14.1. The average molecular weight is 343 g/mol. The van der Waals surface area contributed by atoms with E-state index in [-0.39, 0.29) is 22.5 Å². The van der Waals surface area contributed by atoms with E-state index in [1.807, 2.05) is 0 Å². The molecule has 23 heavy (non-hydrogen) atoms. The Bertz CT molecular complexity index is 479. The Kier molecular flexibility index (Phi) is 8.52. The van der Waals surface area contributed by atoms with Crippen LogP contribution in [0.2, 0.25) is 0 Å². The van der Waals surface area contributed by atoms with E-state index in [2.05, 4.69) is 46.4 Å². The zero-order chi connectivity index (χ0) is 18.3. The van der Waals surface area contributed by atoms with E-state index in [4.69, 9.17) is 9.02 Å². The SMILES string of the molecule is C=C/C(C=O)=C(\C=C)C(=O)N(C)OCCOS(C)(C)C(C)(C)C. The normalized spacial score (nSPS) is 13.8. The molecule has 0 rings (SSSR count). The molecule has 0 atom stereocenters. The third-order valence-corrected chi connectivity index (χ3v) is 7.30. The van der Waals surface area contributed by atoms with Crippen LogP contribution in [0, 0.1) is 0 Å². The monoisotopic (exact) mass is 343 g/mol. The van der Waals surface area contributed by atoms with Crippen LogP contribution in [-0.4, -0.2) is 54.8 Å². The summed E-state index contributed by atoms with van der Waals surface area (Å²) in [4.78, 5) is 28.5. The Balaban J connectivity index is 4.62. The van der Waals surface area contributed by atoms with E-state index in [1.165, 1.54) is 19.2 Å². The predicted molar refractivity (Wildman–Crippen MR) is 97.4 cm³/mol. The highest BCUT2D eigenvalue weighted by atomic mass is 32.3. The first kappa shape index (κ1) is 21.6. The zero-order valence-electron chi connectivity index (χ0n) is 15.0. The molecule has 5 nitrogen and oxygen atoms in total. The van der Waals surface area contributed by atoms with Gasteiger partial charge in [0.05, 0.1) is 18.8 Å². The van der Waals surface area contributed by atoms with Crippen molar-refractivity contribution in [1.82, 2.24) is 5.06 Å². The molecule has 0 aromatic rings. The van der Waals surface area contributed by atoms with Crippen LogP contribution in [-0.2, 0) is 18.6 Å². The van der Waals surface area contributed by atoms with Gasteiger partial charge in [-0.05, 0) is 12.5 Å². The highest BCUT2D eigenvalue weighted by Crippen LogP contribution is 2.53. The zero-order valence-corrected chi connectivity index (χ0v) is 15.9. The molecule has 1 amide bonds. The number of carbonyl (C=O) groups is 2. The number of hydrogen-bond acceptors (Lipinski definition) is 4. The molecule has 0 fully saturated rings. The van der Waals surface area contributed by atoms with Crippen molar-refractivity contribution in [2.75, 3.05) is 32.8 Å². The number of likely N-dealkylation sites (N-methyl/N-ethyl adjacent to an activating group) is 1. The lowest BCUT2D eigenvalue weighted by Gasteiger charge is -2.43. The number of allylic oxidation sites excluding steroid dienone is 2. The van der Waals surface area contributed by atoms with Crippen LogP contribution in [0.1, 0.15) is 20.8 Å². The Morgan fingerprint density at radius 2 is 1.74 bits per heavy atom. The van der Waals surface area contributed by atoms with E-state index >= 15 is 0 Å². The largest absolute Gasteiger partial charge is 0.334 e. The number of rotatable bonds is 9. The van der Waals surface area contributed by atoms with Crippen LogP contribution in [0.3, 0.4) is 0 Å². The highest BCUT2D eigenvalue weighted by Gasteiger charge is 2.28. The molecule has 0 spiro atoms. The minimum atomic E-state index is -1.23. The van der Waals surface area contributed by atoms with Gasteiger partial charge in [0.1, 0.15) is 0 Å². The number of aldehydes is 1. The molecule has 0 aromatic carbocycles. The first-order valence-electron chi connectivity index (χ1n) is 7.24. The standard InChI is InChI=1S/C17H29NO4S/c1-9-14(13-19)15(10-2)16(20)18(6)21-11-12-22-23(7,8)17(3,4)5/h9-10,13H,1-2,11-12H2,3-8H3/b15-14-. The molecule has 0 aromatic heterocycles. The lowest BCUT2D eigenvalue weighted by Crippen LogP contribution is -2.31. The minimum Gasteiger partial charge on any atom is -0.334 e. The van der Waals surface area contributed by atoms with Gasteiger partial charge < -0.3 is 4.18 Å². The fraction of sp³-hybridized carbons (Fsp3) is 0.529. The number of hydrogen-bond donors (Lipinski definition) is 0. The molecule has 0 radical (unpaired) electrons. The molecule has 0 saturated carbocycles. The summed E-state index contributed by atoms with van der Waals surface area (Å²) in [7, 11) is 0.258. The second kappa shape index (κ2) is 9.05. The maximum atomic E-state index is 12.2. The van der Waals surface area contributed by atoms with E-state index in [0.717, 1.165) is 5.06 Å². The molecule has 0 bridgehead atoms. The first-order valence-corrected chi connectivity index (χ1v) is 9.61. The van der Waals surface area contributed by atoms with Crippen molar-refractivity contribution in [2.24, 2.45) is 0 Å². The number of amides is 1. The molecular formula is C17H29NO4S. The summed E-state index contributed by atoms with van der Waals surface area (Å²) in [5, 5.41) is 1.08. The van der Waals surface area contributed by atoms with Crippen LogP contribution < -0.4 is 0 Å². The van der Waals surface area contributed by atoms with Gasteiger partial charge in [0.15, 0.2) is 6.29 Å². The molecule has 0 aliphatic carbocycles. The second-order valence-electron chi connectivity index (χ2n) is 6.20. The number of hydroxylamine groups is 2. The molecule has 0 heterocycles. The molecule has 0 N–H and O–H groups in total. The number of carbonyl (C=O) groups excluding carboxylic acids is 2. The van der Waals surface area contributed by atoms with Crippen molar-refractivity contribution in [2.45, 2.75) is 25.5 Å². The Morgan fingerprint density at radius 3 is 2.13 bits per heavy atom. The van der Waals surface area contributed by atoms with Crippen LogP contribution in [0.15, 0.2) is 36.5 Å². The minimum absolute atomic E-state index is 0.0658. The highest BCUT2D eigenvalue weighted by molar-refractivity contribution is 8.29. The smallest absolute Gasteiger partial charge is 0.277 e. The van der Waals surface area contributed by atoms with Crippen LogP contribution in [0.4, 0.5) is 0 Å². The van der Waals surface area contributed by atoms with E-state index in [9.17, 15) is 9.59 Å². The third-order valence-electron chi connectivity index (χ3n) is 3.60. The van der Waals surface area contributed by atoms with Gasteiger partial charge in [-0.1, -0.05) is 46.1 Å². The van der Waals surface area contributed by atoms with Crippen molar-refractivity contribution in [3.8, 4) is 0 Å². The van der Waals surface area contributed by atoms with Gasteiger partial charge in [-0.2, -0.15) is 0 Å². The van der Waals surface area contributed by atoms with E-state index < -0.39 is 16.2 Å². The molecule has 6 heteroatoms. The summed E-state index contributed by atoms with van der Waals surface area (Å²) in [5.41, 5.74) is 0.328. The summed E-state index contributed by atoms with van der Waals surface area (Å²) >= 11 is 0. The van der Waals surface area contributed by atoms with Crippen molar-refractivity contribution in [3.05, 3.63) is 36.5 Å². The van der Waals surface area contributed by atoms with Crippen molar-refractivity contribution in [1.29, 1.82) is 0 Å². The number of nitrogens with zero attached hydrogens (tertiary/aromatic N) is 1. The van der Waals surface area contributed by atoms with Crippen molar-refractivity contribution < 1.29 is 18.6 Å². The lowest BCUT2D eigenvalue weighted by molar-refractivity contribution is -0.175. The van der Waals surface area contributed by atoms with Gasteiger partial charge in [-0.25, -0.2) is 5.06 Å². The molecule has 132 valence electrons. The van der Waals surface area contributed by atoms with Gasteiger partial charge in [0, 0.05) is 17.4 Å². The lowest BCUT2D eigenvalue weighted by atomic mass is 10.1. The first-order chi connectivity index (χ1) is 10.5. The molecule has 0 aliphatic heterocycles. The van der Waals surface area contributed by atoms with Crippen LogP contribution >= 0.6 is 10.3 Å². The summed E-state index contributed by atoms with van der Waals surface area (Å²) < 4.78 is 5.98. The van der Waals surface area contributed by atoms with E-state index in [1.54, 1.807) is 0 Å². The van der Waals surface area contributed by atoms with Gasteiger partial charge in [-0.15, -0.1) is 10.3 Å². The van der Waals surface area contributed by atoms with Gasteiger partial charge in [-0.3, -0.25) is 14.4 Å². The summed E-state index contributed by atoms with van der Waals surface area (Å²) in [6.07, 6.45) is 7.39. The molecule has 0 saturated heterocycles. The summed E-state index contributed by atoms with van der Waals surface area (Å²) in [5.74, 6) is -0.454. The Morgan fingerprint density at radius 1 is 1.17 bits per heavy atom. The fourth-order valence-electron chi connectivity index (χ4n) is 1.37. The van der Waals surface area contributed by atoms with Gasteiger partial charge in [0.25, 0.3) is 5.91 Å². The Labute approximate surface area is 141 Å². The van der Waals surface area contributed by atoms with Gasteiger partial charge in [0.2, 0.25) is 0 Å². The summed E-state index contributed by atoms with van der Waals surface area (Å²) in [6, 6.07) is 0. The maximum Gasteiger partial charge on any atom is 0.277 e. The molecular weight excluding hydrogens is 314 g/mol. The van der Waals surface area contributed by atoms with E-state index in [0.29, 0.717) is 12.9 Å². The maximum absolute atomic E-state index is 12.2. The Hall–Kier alpha value is -1.37. The fourth-order valence-corrected chi connectivity index (χ4v) is 2.21. The third kappa shape index (κ3) is 6.33.